The largest absolute Gasteiger partial charge is 0.489 e. The molecule has 0 aliphatic rings. The number of nitrogens with zero attached hydrogens (tertiary/aromatic N) is 2. The molecule has 0 unspecified atom stereocenters. The van der Waals surface area contributed by atoms with E-state index in [2.05, 4.69) is 21.2 Å². The van der Waals surface area contributed by atoms with Crippen molar-refractivity contribution in [2.24, 2.45) is 0 Å². The standard InChI is InChI=1S/C24H18BrN3O4/c1-16-5-10-22(23(11-16)28(30)31)27-24(29)19(14-26)12-18-3-2-4-21(13-18)32-15-17-6-8-20(25)9-7-17/h2-13H,15H2,1H3,(H,27,29)/b19-12+. The maximum absolute atomic E-state index is 12.6. The molecule has 0 atom stereocenters. The first-order chi connectivity index (χ1) is 15.4. The van der Waals surface area contributed by atoms with Gasteiger partial charge in [0.1, 0.15) is 29.7 Å². The number of nitriles is 1. The Labute approximate surface area is 193 Å². The first-order valence-corrected chi connectivity index (χ1v) is 10.3. The lowest BCUT2D eigenvalue weighted by atomic mass is 10.1. The lowest BCUT2D eigenvalue weighted by Crippen LogP contribution is -2.14. The second-order valence-corrected chi connectivity index (χ2v) is 7.80. The molecule has 3 rings (SSSR count). The average Bonchev–Trinajstić information content (AvgIpc) is 2.78. The number of nitro groups is 1. The summed E-state index contributed by atoms with van der Waals surface area (Å²) in [5.74, 6) is -0.158. The van der Waals surface area contributed by atoms with Crippen molar-refractivity contribution in [2.75, 3.05) is 5.32 Å². The van der Waals surface area contributed by atoms with Crippen molar-refractivity contribution in [3.05, 3.63) is 104 Å². The number of hydrogen-bond donors (Lipinski definition) is 1. The summed E-state index contributed by atoms with van der Waals surface area (Å²) in [5.41, 5.74) is 1.86. The Morgan fingerprint density at radius 2 is 1.94 bits per heavy atom. The Balaban J connectivity index is 1.75. The van der Waals surface area contributed by atoms with Gasteiger partial charge in [-0.2, -0.15) is 5.26 Å². The topological polar surface area (TPSA) is 105 Å². The van der Waals surface area contributed by atoms with Crippen LogP contribution in [0.3, 0.4) is 0 Å². The predicted molar refractivity (Wildman–Crippen MR) is 125 cm³/mol. The van der Waals surface area contributed by atoms with Crippen LogP contribution in [0.25, 0.3) is 6.08 Å². The number of ether oxygens (including phenoxy) is 1. The van der Waals surface area contributed by atoms with Gasteiger partial charge in [-0.25, -0.2) is 0 Å². The molecular weight excluding hydrogens is 474 g/mol. The zero-order valence-corrected chi connectivity index (χ0v) is 18.6. The smallest absolute Gasteiger partial charge is 0.293 e. The van der Waals surface area contributed by atoms with Gasteiger partial charge in [-0.05, 0) is 60.0 Å². The zero-order chi connectivity index (χ0) is 23.1. The summed E-state index contributed by atoms with van der Waals surface area (Å²) in [6.07, 6.45) is 1.40. The molecule has 0 aromatic heterocycles. The van der Waals surface area contributed by atoms with Crippen LogP contribution in [-0.4, -0.2) is 10.8 Å². The predicted octanol–water partition coefficient (Wildman–Crippen LogP) is 5.79. The van der Waals surface area contributed by atoms with Crippen LogP contribution in [0.1, 0.15) is 16.7 Å². The van der Waals surface area contributed by atoms with Crippen molar-refractivity contribution in [1.82, 2.24) is 0 Å². The maximum Gasteiger partial charge on any atom is 0.293 e. The van der Waals surface area contributed by atoms with Crippen LogP contribution in [0.2, 0.25) is 0 Å². The molecule has 1 N–H and O–H groups in total. The number of nitro benzene ring substituents is 1. The van der Waals surface area contributed by atoms with Gasteiger partial charge in [-0.1, -0.05) is 46.3 Å². The Morgan fingerprint density at radius 3 is 2.62 bits per heavy atom. The van der Waals surface area contributed by atoms with Crippen LogP contribution in [0, 0.1) is 28.4 Å². The molecule has 7 nitrogen and oxygen atoms in total. The van der Waals surface area contributed by atoms with E-state index in [9.17, 15) is 20.2 Å². The van der Waals surface area contributed by atoms with Crippen molar-refractivity contribution < 1.29 is 14.5 Å². The van der Waals surface area contributed by atoms with Crippen LogP contribution in [0.4, 0.5) is 11.4 Å². The van der Waals surface area contributed by atoms with E-state index in [-0.39, 0.29) is 16.9 Å². The summed E-state index contributed by atoms with van der Waals surface area (Å²) in [5, 5.41) is 23.2. The molecule has 0 bridgehead atoms. The Hall–Kier alpha value is -3.96. The maximum atomic E-state index is 12.6. The summed E-state index contributed by atoms with van der Waals surface area (Å²) >= 11 is 3.39. The number of carbonyl (C=O) groups is 1. The highest BCUT2D eigenvalue weighted by Crippen LogP contribution is 2.26. The van der Waals surface area contributed by atoms with Gasteiger partial charge >= 0.3 is 0 Å². The molecule has 0 aliphatic heterocycles. The van der Waals surface area contributed by atoms with E-state index >= 15 is 0 Å². The average molecular weight is 492 g/mol. The van der Waals surface area contributed by atoms with Gasteiger partial charge < -0.3 is 10.1 Å². The third-order valence-corrected chi connectivity index (χ3v) is 4.98. The van der Waals surface area contributed by atoms with Crippen LogP contribution >= 0.6 is 15.9 Å². The molecule has 0 heterocycles. The Kier molecular flexibility index (Phi) is 7.37. The molecule has 0 saturated carbocycles. The number of amides is 1. The molecule has 0 spiro atoms. The number of anilines is 1. The number of rotatable bonds is 7. The van der Waals surface area contributed by atoms with Crippen molar-refractivity contribution in [1.29, 1.82) is 5.26 Å². The Morgan fingerprint density at radius 1 is 1.19 bits per heavy atom. The first-order valence-electron chi connectivity index (χ1n) is 9.51. The third-order valence-electron chi connectivity index (χ3n) is 4.45. The van der Waals surface area contributed by atoms with Gasteiger partial charge in [0.15, 0.2) is 0 Å². The summed E-state index contributed by atoms with van der Waals surface area (Å²) < 4.78 is 6.77. The van der Waals surface area contributed by atoms with Gasteiger partial charge in [0.25, 0.3) is 11.6 Å². The lowest BCUT2D eigenvalue weighted by molar-refractivity contribution is -0.384. The first kappa shape index (κ1) is 22.7. The quantitative estimate of drug-likeness (QED) is 0.195. The van der Waals surface area contributed by atoms with Gasteiger partial charge in [0.05, 0.1) is 4.92 Å². The number of halogens is 1. The van der Waals surface area contributed by atoms with Gasteiger partial charge in [0.2, 0.25) is 0 Å². The summed E-state index contributed by atoms with van der Waals surface area (Å²) in [6.45, 7) is 2.08. The molecule has 0 saturated heterocycles. The summed E-state index contributed by atoms with van der Waals surface area (Å²) in [4.78, 5) is 23.3. The van der Waals surface area contributed by atoms with E-state index in [0.717, 1.165) is 10.0 Å². The minimum absolute atomic E-state index is 0.0262. The van der Waals surface area contributed by atoms with E-state index in [1.165, 1.54) is 18.2 Å². The van der Waals surface area contributed by atoms with Crippen LogP contribution in [0.15, 0.2) is 76.8 Å². The zero-order valence-electron chi connectivity index (χ0n) is 17.0. The fraction of sp³-hybridized carbons (Fsp3) is 0.0833. The highest BCUT2D eigenvalue weighted by atomic mass is 79.9. The fourth-order valence-electron chi connectivity index (χ4n) is 2.84. The molecular formula is C24H18BrN3O4. The molecule has 0 fully saturated rings. The highest BCUT2D eigenvalue weighted by molar-refractivity contribution is 9.10. The van der Waals surface area contributed by atoms with E-state index in [1.54, 1.807) is 37.3 Å². The molecule has 32 heavy (non-hydrogen) atoms. The molecule has 160 valence electrons. The third kappa shape index (κ3) is 6.03. The van der Waals surface area contributed by atoms with E-state index in [4.69, 9.17) is 4.74 Å². The van der Waals surface area contributed by atoms with Gasteiger partial charge in [-0.3, -0.25) is 14.9 Å². The van der Waals surface area contributed by atoms with E-state index in [1.807, 2.05) is 30.3 Å². The van der Waals surface area contributed by atoms with Gasteiger partial charge in [-0.15, -0.1) is 0 Å². The molecule has 3 aromatic rings. The second kappa shape index (κ2) is 10.4. The van der Waals surface area contributed by atoms with Crippen LogP contribution < -0.4 is 10.1 Å². The van der Waals surface area contributed by atoms with Crippen molar-refractivity contribution >= 4 is 39.3 Å². The van der Waals surface area contributed by atoms with E-state index in [0.29, 0.717) is 23.5 Å². The number of hydrogen-bond acceptors (Lipinski definition) is 5. The normalized spacial score (nSPS) is 10.8. The van der Waals surface area contributed by atoms with Crippen LogP contribution in [0.5, 0.6) is 5.75 Å². The lowest BCUT2D eigenvalue weighted by Gasteiger charge is -2.08. The highest BCUT2D eigenvalue weighted by Gasteiger charge is 2.18. The van der Waals surface area contributed by atoms with Crippen molar-refractivity contribution in [3.8, 4) is 11.8 Å². The second-order valence-electron chi connectivity index (χ2n) is 6.89. The van der Waals surface area contributed by atoms with Crippen molar-refractivity contribution in [2.45, 2.75) is 13.5 Å². The number of benzene rings is 3. The monoisotopic (exact) mass is 491 g/mol. The number of carbonyl (C=O) groups excluding carboxylic acids is 1. The fourth-order valence-corrected chi connectivity index (χ4v) is 3.11. The van der Waals surface area contributed by atoms with Crippen molar-refractivity contribution in [3.63, 3.8) is 0 Å². The minimum atomic E-state index is -0.736. The molecule has 0 aliphatic carbocycles. The molecule has 3 aromatic carbocycles. The van der Waals surface area contributed by atoms with Crippen LogP contribution in [-0.2, 0) is 11.4 Å². The summed E-state index contributed by atoms with van der Waals surface area (Å²) in [6, 6.07) is 21.0. The Bertz CT molecular complexity index is 1230. The SMILES string of the molecule is Cc1ccc(NC(=O)/C(C#N)=C/c2cccc(OCc3ccc(Br)cc3)c2)c([N+](=O)[O-])c1. The molecule has 0 radical (unpaired) electrons. The van der Waals surface area contributed by atoms with E-state index < -0.39 is 10.8 Å². The minimum Gasteiger partial charge on any atom is -0.489 e. The molecule has 8 heteroatoms. The van der Waals surface area contributed by atoms with Gasteiger partial charge in [0, 0.05) is 10.5 Å². The number of nitrogens with one attached hydrogen (secondary N) is 1. The molecule has 1 amide bonds. The summed E-state index contributed by atoms with van der Waals surface area (Å²) in [7, 11) is 0. The number of aryl methyl sites for hydroxylation is 1.